The number of aliphatic hydroxyl groups is 1. The van der Waals surface area contributed by atoms with Crippen molar-refractivity contribution in [2.75, 3.05) is 26.7 Å². The van der Waals surface area contributed by atoms with Crippen molar-refractivity contribution in [3.63, 3.8) is 0 Å². The zero-order chi connectivity index (χ0) is 14.0. The molecule has 0 spiro atoms. The summed E-state index contributed by atoms with van der Waals surface area (Å²) in [6.07, 6.45) is 1.27. The number of hydrogen-bond donors (Lipinski definition) is 2. The summed E-state index contributed by atoms with van der Waals surface area (Å²) >= 11 is 0. The van der Waals surface area contributed by atoms with Gasteiger partial charge in [0, 0.05) is 20.0 Å². The normalized spacial score (nSPS) is 26.1. The quantitative estimate of drug-likeness (QED) is 0.796. The molecule has 4 nitrogen and oxygen atoms in total. The van der Waals surface area contributed by atoms with Gasteiger partial charge in [-0.15, -0.1) is 0 Å². The molecule has 1 aliphatic rings. The van der Waals surface area contributed by atoms with Crippen LogP contribution in [0, 0.1) is 11.3 Å². The summed E-state index contributed by atoms with van der Waals surface area (Å²) in [5.74, 6) is 0.460. The van der Waals surface area contributed by atoms with E-state index in [1.165, 1.54) is 0 Å². The van der Waals surface area contributed by atoms with Crippen LogP contribution in [0.1, 0.15) is 40.5 Å². The van der Waals surface area contributed by atoms with E-state index in [0.29, 0.717) is 25.4 Å². The smallest absolute Gasteiger partial charge is 0.222 e. The second-order valence-corrected chi connectivity index (χ2v) is 6.87. The molecule has 1 amide bonds. The van der Waals surface area contributed by atoms with E-state index in [0.717, 1.165) is 13.0 Å². The topological polar surface area (TPSA) is 52.6 Å². The van der Waals surface area contributed by atoms with Gasteiger partial charge in [-0.1, -0.05) is 27.7 Å². The third kappa shape index (κ3) is 4.25. The monoisotopic (exact) mass is 256 g/mol. The Labute approximate surface area is 111 Å². The predicted molar refractivity (Wildman–Crippen MR) is 73.3 cm³/mol. The Morgan fingerprint density at radius 2 is 2.11 bits per heavy atom. The third-order valence-electron chi connectivity index (χ3n) is 4.14. The Kier molecular flexibility index (Phi) is 4.78. The largest absolute Gasteiger partial charge is 0.387 e. The van der Waals surface area contributed by atoms with Gasteiger partial charge >= 0.3 is 0 Å². The van der Waals surface area contributed by atoms with E-state index in [9.17, 15) is 9.90 Å². The van der Waals surface area contributed by atoms with Crippen molar-refractivity contribution >= 4 is 5.91 Å². The van der Waals surface area contributed by atoms with E-state index < -0.39 is 5.60 Å². The fourth-order valence-corrected chi connectivity index (χ4v) is 2.12. The van der Waals surface area contributed by atoms with Gasteiger partial charge in [0.25, 0.3) is 0 Å². The number of carbonyl (C=O) groups excluding carboxylic acids is 1. The number of carbonyl (C=O) groups is 1. The summed E-state index contributed by atoms with van der Waals surface area (Å²) in [6, 6.07) is 0. The Bertz CT molecular complexity index is 291. The molecule has 1 fully saturated rings. The lowest BCUT2D eigenvalue weighted by Gasteiger charge is -2.31. The van der Waals surface area contributed by atoms with Crippen molar-refractivity contribution in [3.8, 4) is 0 Å². The minimum absolute atomic E-state index is 0.123. The first-order valence-electron chi connectivity index (χ1n) is 6.81. The van der Waals surface area contributed by atoms with Crippen LogP contribution in [0.15, 0.2) is 0 Å². The molecule has 2 N–H and O–H groups in total. The summed E-state index contributed by atoms with van der Waals surface area (Å²) in [5.41, 5.74) is -0.600. The molecule has 0 aliphatic carbocycles. The zero-order valence-electron chi connectivity index (χ0n) is 12.4. The molecule has 0 aromatic carbocycles. The number of likely N-dealkylation sites (N-methyl/N-ethyl adjacent to an activating group) is 1. The first kappa shape index (κ1) is 15.4. The fraction of sp³-hybridized carbons (Fsp3) is 0.929. The van der Waals surface area contributed by atoms with E-state index in [2.05, 4.69) is 33.0 Å². The highest BCUT2D eigenvalue weighted by atomic mass is 16.3. The Hall–Kier alpha value is -0.610. The van der Waals surface area contributed by atoms with E-state index in [1.54, 1.807) is 11.9 Å². The number of nitrogens with zero attached hydrogens (tertiary/aromatic N) is 1. The number of rotatable bonds is 4. The standard InChI is InChI=1S/C14H28N2O2/c1-11(13(2,3)4)8-12(17)16(5)10-14(18)6-7-15-9-14/h11,15,18H,6-10H2,1-5H3. The van der Waals surface area contributed by atoms with Gasteiger partial charge in [0.1, 0.15) is 0 Å². The average molecular weight is 256 g/mol. The van der Waals surface area contributed by atoms with Gasteiger partial charge < -0.3 is 15.3 Å². The van der Waals surface area contributed by atoms with E-state index in [4.69, 9.17) is 0 Å². The van der Waals surface area contributed by atoms with Gasteiger partial charge in [0.15, 0.2) is 0 Å². The minimum Gasteiger partial charge on any atom is -0.387 e. The lowest BCUT2D eigenvalue weighted by molar-refractivity contribution is -0.134. The van der Waals surface area contributed by atoms with Crippen molar-refractivity contribution < 1.29 is 9.90 Å². The number of nitrogens with one attached hydrogen (secondary N) is 1. The van der Waals surface area contributed by atoms with Gasteiger partial charge in [0.05, 0.1) is 12.1 Å². The number of amides is 1. The molecule has 0 saturated carbocycles. The molecular formula is C14H28N2O2. The molecule has 0 radical (unpaired) electrons. The van der Waals surface area contributed by atoms with Gasteiger partial charge in [-0.3, -0.25) is 4.79 Å². The molecule has 2 atom stereocenters. The molecule has 2 unspecified atom stereocenters. The lowest BCUT2D eigenvalue weighted by atomic mass is 9.80. The summed E-state index contributed by atoms with van der Waals surface area (Å²) in [6.45, 7) is 10.4. The van der Waals surface area contributed by atoms with Crippen molar-refractivity contribution in [2.24, 2.45) is 11.3 Å². The molecule has 0 aromatic rings. The molecule has 0 aromatic heterocycles. The molecule has 1 saturated heterocycles. The maximum absolute atomic E-state index is 12.1. The zero-order valence-corrected chi connectivity index (χ0v) is 12.4. The summed E-state index contributed by atoms with van der Waals surface area (Å²) in [7, 11) is 1.79. The fourth-order valence-electron chi connectivity index (χ4n) is 2.12. The maximum atomic E-state index is 12.1. The van der Waals surface area contributed by atoms with Crippen LogP contribution in [-0.2, 0) is 4.79 Å². The molecule has 1 rings (SSSR count). The Morgan fingerprint density at radius 1 is 1.50 bits per heavy atom. The minimum atomic E-state index is -0.741. The highest BCUT2D eigenvalue weighted by Crippen LogP contribution is 2.28. The van der Waals surface area contributed by atoms with Crippen molar-refractivity contribution in [3.05, 3.63) is 0 Å². The second kappa shape index (κ2) is 5.57. The van der Waals surface area contributed by atoms with Crippen LogP contribution in [0.25, 0.3) is 0 Å². The van der Waals surface area contributed by atoms with Gasteiger partial charge in [-0.05, 0) is 24.3 Å². The number of β-amino-alcohol motifs (C(OH)–C–C–N with tert-alkyl or cyclic N) is 1. The van der Waals surface area contributed by atoms with Crippen LogP contribution >= 0.6 is 0 Å². The summed E-state index contributed by atoms with van der Waals surface area (Å²) in [5, 5.41) is 13.4. The lowest BCUT2D eigenvalue weighted by Crippen LogP contribution is -2.45. The van der Waals surface area contributed by atoms with Crippen LogP contribution in [0.5, 0.6) is 0 Å². The second-order valence-electron chi connectivity index (χ2n) is 6.87. The Balaban J connectivity index is 2.46. The highest BCUT2D eigenvalue weighted by Gasteiger charge is 2.34. The first-order chi connectivity index (χ1) is 8.14. The first-order valence-corrected chi connectivity index (χ1v) is 6.81. The van der Waals surface area contributed by atoms with Crippen LogP contribution in [0.3, 0.4) is 0 Å². The molecular weight excluding hydrogens is 228 g/mol. The van der Waals surface area contributed by atoms with E-state index in [1.807, 2.05) is 0 Å². The molecule has 1 aliphatic heterocycles. The SMILES string of the molecule is CC(CC(=O)N(C)CC1(O)CCNC1)C(C)(C)C. The summed E-state index contributed by atoms with van der Waals surface area (Å²) in [4.78, 5) is 13.8. The molecule has 1 heterocycles. The average Bonchev–Trinajstić information content (AvgIpc) is 2.63. The van der Waals surface area contributed by atoms with Crippen molar-refractivity contribution in [2.45, 2.75) is 46.1 Å². The van der Waals surface area contributed by atoms with E-state index in [-0.39, 0.29) is 11.3 Å². The van der Waals surface area contributed by atoms with Gasteiger partial charge in [-0.25, -0.2) is 0 Å². The van der Waals surface area contributed by atoms with Gasteiger partial charge in [0.2, 0.25) is 5.91 Å². The van der Waals surface area contributed by atoms with Crippen molar-refractivity contribution in [1.82, 2.24) is 10.2 Å². The molecule has 4 heteroatoms. The molecule has 0 bridgehead atoms. The van der Waals surface area contributed by atoms with Crippen LogP contribution in [0.2, 0.25) is 0 Å². The van der Waals surface area contributed by atoms with Crippen LogP contribution in [-0.4, -0.2) is 48.2 Å². The molecule has 18 heavy (non-hydrogen) atoms. The van der Waals surface area contributed by atoms with Crippen LogP contribution < -0.4 is 5.32 Å². The number of hydrogen-bond acceptors (Lipinski definition) is 3. The highest BCUT2D eigenvalue weighted by molar-refractivity contribution is 5.76. The third-order valence-corrected chi connectivity index (χ3v) is 4.14. The summed E-state index contributed by atoms with van der Waals surface area (Å²) < 4.78 is 0. The van der Waals surface area contributed by atoms with Gasteiger partial charge in [-0.2, -0.15) is 0 Å². The van der Waals surface area contributed by atoms with E-state index >= 15 is 0 Å². The maximum Gasteiger partial charge on any atom is 0.222 e. The van der Waals surface area contributed by atoms with Crippen LogP contribution in [0.4, 0.5) is 0 Å². The van der Waals surface area contributed by atoms with Crippen molar-refractivity contribution in [1.29, 1.82) is 0 Å². The Morgan fingerprint density at radius 3 is 2.56 bits per heavy atom. The predicted octanol–water partition coefficient (Wildman–Crippen LogP) is 1.24. The molecule has 106 valence electrons.